The van der Waals surface area contributed by atoms with Crippen molar-refractivity contribution in [2.24, 2.45) is 0 Å². The zero-order valence-corrected chi connectivity index (χ0v) is 13.6. The van der Waals surface area contributed by atoms with Crippen LogP contribution in [0.15, 0.2) is 47.4 Å². The maximum atomic E-state index is 13.1. The fraction of sp³-hybridized carbons (Fsp3) is 0.133. The molecule has 0 aliphatic rings. The van der Waals surface area contributed by atoms with Gasteiger partial charge in [-0.3, -0.25) is 9.63 Å². The van der Waals surface area contributed by atoms with Gasteiger partial charge in [0.1, 0.15) is 11.6 Å². The van der Waals surface area contributed by atoms with Crippen LogP contribution in [0, 0.1) is 11.6 Å². The number of sulfonamides is 1. The summed E-state index contributed by atoms with van der Waals surface area (Å²) in [6.45, 7) is 0. The fourth-order valence-corrected chi connectivity index (χ4v) is 2.82. The standard InChI is InChI=1S/C15H14F2N2O4S/c1-19(23-2)24(21,22)14-5-3-13(4-6-14)18-15(20)10-7-11(16)9-12(17)8-10/h3-9H,1-2H3,(H,18,20). The van der Waals surface area contributed by atoms with E-state index in [1.54, 1.807) is 0 Å². The quantitative estimate of drug-likeness (QED) is 0.835. The highest BCUT2D eigenvalue weighted by Crippen LogP contribution is 2.18. The molecule has 1 amide bonds. The molecule has 1 N–H and O–H groups in total. The Kier molecular flexibility index (Phi) is 5.27. The topological polar surface area (TPSA) is 75.7 Å². The van der Waals surface area contributed by atoms with Crippen LogP contribution in [0.4, 0.5) is 14.5 Å². The Bertz CT molecular complexity index is 834. The molecule has 0 bridgehead atoms. The first-order chi connectivity index (χ1) is 11.2. The third-order valence-corrected chi connectivity index (χ3v) is 4.82. The molecule has 9 heteroatoms. The lowest BCUT2D eigenvalue weighted by atomic mass is 10.2. The smallest absolute Gasteiger partial charge is 0.264 e. The number of anilines is 1. The zero-order chi connectivity index (χ0) is 17.9. The Balaban J connectivity index is 2.18. The van der Waals surface area contributed by atoms with E-state index in [4.69, 9.17) is 0 Å². The Morgan fingerprint density at radius 2 is 1.62 bits per heavy atom. The molecule has 0 aliphatic carbocycles. The lowest BCUT2D eigenvalue weighted by Gasteiger charge is -2.14. The summed E-state index contributed by atoms with van der Waals surface area (Å²) < 4.78 is 51.0. The van der Waals surface area contributed by atoms with Crippen molar-refractivity contribution in [2.75, 3.05) is 19.5 Å². The van der Waals surface area contributed by atoms with E-state index in [9.17, 15) is 22.0 Å². The third kappa shape index (κ3) is 3.94. The van der Waals surface area contributed by atoms with Crippen molar-refractivity contribution in [3.05, 3.63) is 59.7 Å². The number of carbonyl (C=O) groups excluding carboxylic acids is 1. The van der Waals surface area contributed by atoms with E-state index in [2.05, 4.69) is 10.2 Å². The predicted molar refractivity (Wildman–Crippen MR) is 82.7 cm³/mol. The van der Waals surface area contributed by atoms with Gasteiger partial charge < -0.3 is 5.32 Å². The average molecular weight is 356 g/mol. The van der Waals surface area contributed by atoms with Crippen molar-refractivity contribution in [1.29, 1.82) is 0 Å². The highest BCUT2D eigenvalue weighted by molar-refractivity contribution is 7.89. The van der Waals surface area contributed by atoms with Crippen molar-refractivity contribution in [2.45, 2.75) is 4.90 Å². The van der Waals surface area contributed by atoms with Crippen LogP contribution < -0.4 is 5.32 Å². The number of carbonyl (C=O) groups is 1. The SMILES string of the molecule is CON(C)S(=O)(=O)c1ccc(NC(=O)c2cc(F)cc(F)c2)cc1. The lowest BCUT2D eigenvalue weighted by molar-refractivity contribution is -0.0258. The largest absolute Gasteiger partial charge is 0.322 e. The minimum Gasteiger partial charge on any atom is -0.322 e. The normalized spacial score (nSPS) is 11.5. The van der Waals surface area contributed by atoms with Gasteiger partial charge in [0.25, 0.3) is 15.9 Å². The monoisotopic (exact) mass is 356 g/mol. The summed E-state index contributed by atoms with van der Waals surface area (Å²) in [7, 11) is -1.35. The lowest BCUT2D eigenvalue weighted by Crippen LogP contribution is -2.25. The number of benzene rings is 2. The van der Waals surface area contributed by atoms with Crippen LogP contribution in [0.3, 0.4) is 0 Å². The first-order valence-corrected chi connectivity index (χ1v) is 8.08. The van der Waals surface area contributed by atoms with Crippen molar-refractivity contribution in [3.8, 4) is 0 Å². The third-order valence-electron chi connectivity index (χ3n) is 3.13. The highest BCUT2D eigenvalue weighted by Gasteiger charge is 2.20. The summed E-state index contributed by atoms with van der Waals surface area (Å²) in [6.07, 6.45) is 0. The van der Waals surface area contributed by atoms with Gasteiger partial charge in [0.05, 0.1) is 12.0 Å². The van der Waals surface area contributed by atoms with E-state index in [1.165, 1.54) is 38.4 Å². The minimum absolute atomic E-state index is 0.0401. The van der Waals surface area contributed by atoms with E-state index >= 15 is 0 Å². The van der Waals surface area contributed by atoms with Crippen LogP contribution in [-0.2, 0) is 14.9 Å². The Labute approximate surface area is 137 Å². The maximum Gasteiger partial charge on any atom is 0.264 e. The number of nitrogens with zero attached hydrogens (tertiary/aromatic N) is 1. The molecule has 128 valence electrons. The molecule has 0 radical (unpaired) electrons. The Morgan fingerprint density at radius 3 is 2.12 bits per heavy atom. The number of halogens is 2. The summed E-state index contributed by atoms with van der Waals surface area (Å²) in [5.41, 5.74) is 0.0759. The second-order valence-corrected chi connectivity index (χ2v) is 6.67. The number of hydroxylamine groups is 1. The molecule has 0 heterocycles. The van der Waals surface area contributed by atoms with Crippen LogP contribution in [0.2, 0.25) is 0 Å². The first-order valence-electron chi connectivity index (χ1n) is 6.64. The van der Waals surface area contributed by atoms with Gasteiger partial charge in [-0.05, 0) is 36.4 Å². The van der Waals surface area contributed by atoms with Crippen LogP contribution >= 0.6 is 0 Å². The van der Waals surface area contributed by atoms with Gasteiger partial charge in [0.2, 0.25) is 0 Å². The maximum absolute atomic E-state index is 13.1. The second-order valence-electron chi connectivity index (χ2n) is 4.73. The molecule has 6 nitrogen and oxygen atoms in total. The van der Waals surface area contributed by atoms with Gasteiger partial charge in [-0.25, -0.2) is 17.2 Å². The van der Waals surface area contributed by atoms with Gasteiger partial charge in [0, 0.05) is 24.4 Å². The number of hydrogen-bond acceptors (Lipinski definition) is 4. The van der Waals surface area contributed by atoms with Gasteiger partial charge >= 0.3 is 0 Å². The molecule has 0 atom stereocenters. The summed E-state index contributed by atoms with van der Waals surface area (Å²) in [5.74, 6) is -2.47. The van der Waals surface area contributed by atoms with Crippen LogP contribution in [-0.4, -0.2) is 33.0 Å². The molecule has 0 saturated carbocycles. The summed E-state index contributed by atoms with van der Waals surface area (Å²) in [4.78, 5) is 16.6. The Hall–Kier alpha value is -2.36. The van der Waals surface area contributed by atoms with E-state index in [0.29, 0.717) is 10.5 Å². The zero-order valence-electron chi connectivity index (χ0n) is 12.8. The summed E-state index contributed by atoms with van der Waals surface area (Å²) in [6, 6.07) is 7.69. The molecule has 2 aromatic carbocycles. The van der Waals surface area contributed by atoms with Crippen molar-refractivity contribution >= 4 is 21.6 Å². The second kappa shape index (κ2) is 7.04. The number of rotatable bonds is 5. The number of amides is 1. The van der Waals surface area contributed by atoms with Crippen LogP contribution in [0.25, 0.3) is 0 Å². The van der Waals surface area contributed by atoms with Crippen molar-refractivity contribution in [3.63, 3.8) is 0 Å². The van der Waals surface area contributed by atoms with Gasteiger partial charge in [-0.15, -0.1) is 0 Å². The first kappa shape index (κ1) is 18.0. The number of nitrogens with one attached hydrogen (secondary N) is 1. The Morgan fingerprint density at radius 1 is 1.08 bits per heavy atom. The molecule has 0 unspecified atom stereocenters. The van der Waals surface area contributed by atoms with E-state index in [0.717, 1.165) is 12.1 Å². The molecule has 0 aromatic heterocycles. The van der Waals surface area contributed by atoms with E-state index in [-0.39, 0.29) is 16.1 Å². The molecule has 0 saturated heterocycles. The predicted octanol–water partition coefficient (Wildman–Crippen LogP) is 2.40. The van der Waals surface area contributed by atoms with Gasteiger partial charge in [0.15, 0.2) is 0 Å². The van der Waals surface area contributed by atoms with Crippen LogP contribution in [0.1, 0.15) is 10.4 Å². The molecule has 2 rings (SSSR count). The summed E-state index contributed by atoms with van der Waals surface area (Å²) >= 11 is 0. The molecule has 0 spiro atoms. The molecular formula is C15H14F2N2O4S. The van der Waals surface area contributed by atoms with Gasteiger partial charge in [-0.1, -0.05) is 4.47 Å². The molecule has 0 aliphatic heterocycles. The summed E-state index contributed by atoms with van der Waals surface area (Å²) in [5, 5.41) is 2.42. The van der Waals surface area contributed by atoms with E-state index in [1.807, 2.05) is 0 Å². The van der Waals surface area contributed by atoms with Crippen LogP contribution in [0.5, 0.6) is 0 Å². The molecular weight excluding hydrogens is 342 g/mol. The van der Waals surface area contributed by atoms with Gasteiger partial charge in [-0.2, -0.15) is 0 Å². The van der Waals surface area contributed by atoms with E-state index < -0.39 is 27.6 Å². The van der Waals surface area contributed by atoms with Crippen molar-refractivity contribution < 1.29 is 26.8 Å². The molecule has 2 aromatic rings. The number of hydrogen-bond donors (Lipinski definition) is 1. The molecule has 0 fully saturated rings. The molecule has 24 heavy (non-hydrogen) atoms. The van der Waals surface area contributed by atoms with Crippen molar-refractivity contribution in [1.82, 2.24) is 4.47 Å². The fourth-order valence-electron chi connectivity index (χ4n) is 1.84. The minimum atomic E-state index is -3.80. The highest BCUT2D eigenvalue weighted by atomic mass is 32.2. The average Bonchev–Trinajstić information content (AvgIpc) is 2.53.